The number of thioether (sulfide) groups is 1. The second kappa shape index (κ2) is 8.15. The summed E-state index contributed by atoms with van der Waals surface area (Å²) in [4.78, 5) is 23.7. The highest BCUT2D eigenvalue weighted by Gasteiger charge is 2.19. The van der Waals surface area contributed by atoms with E-state index in [1.165, 1.54) is 11.8 Å². The smallest absolute Gasteiger partial charge is 0.250 e. The summed E-state index contributed by atoms with van der Waals surface area (Å²) in [6.45, 7) is 8.24. The minimum Gasteiger partial charge on any atom is -0.366 e. The number of nitrogens with zero attached hydrogens (tertiary/aromatic N) is 3. The van der Waals surface area contributed by atoms with Gasteiger partial charge in [-0.3, -0.25) is 9.59 Å². The lowest BCUT2D eigenvalue weighted by Gasteiger charge is -2.15. The second-order valence-corrected chi connectivity index (χ2v) is 7.15. The molecule has 0 saturated heterocycles. The molecule has 0 unspecified atom stereocenters. The standard InChI is InChI=1S/C17H23N5O2S/c1-10(2)16-20-21-17(22(16)11(3)4)25-9-14(23)19-13-8-6-5-7-12(13)15(18)24/h5-8,10-11H,9H2,1-4H3,(H2,18,24)(H,19,23). The van der Waals surface area contributed by atoms with E-state index in [1.807, 2.05) is 4.57 Å². The monoisotopic (exact) mass is 361 g/mol. The molecule has 1 aromatic heterocycles. The normalized spacial score (nSPS) is 11.1. The number of nitrogens with one attached hydrogen (secondary N) is 1. The third kappa shape index (κ3) is 4.60. The van der Waals surface area contributed by atoms with Crippen molar-refractivity contribution in [1.29, 1.82) is 0 Å². The van der Waals surface area contributed by atoms with Gasteiger partial charge in [-0.1, -0.05) is 37.7 Å². The Kier molecular flexibility index (Phi) is 6.19. The number of carbonyl (C=O) groups excluding carboxylic acids is 2. The maximum Gasteiger partial charge on any atom is 0.250 e. The van der Waals surface area contributed by atoms with Gasteiger partial charge in [0, 0.05) is 12.0 Å². The van der Waals surface area contributed by atoms with Crippen molar-refractivity contribution >= 4 is 29.3 Å². The van der Waals surface area contributed by atoms with Gasteiger partial charge in [0.1, 0.15) is 5.82 Å². The topological polar surface area (TPSA) is 103 Å². The van der Waals surface area contributed by atoms with Crippen LogP contribution in [0.3, 0.4) is 0 Å². The van der Waals surface area contributed by atoms with Gasteiger partial charge in [0.2, 0.25) is 5.91 Å². The fraction of sp³-hybridized carbons (Fsp3) is 0.412. The fourth-order valence-electron chi connectivity index (χ4n) is 2.39. The molecule has 0 aliphatic heterocycles. The maximum atomic E-state index is 12.2. The van der Waals surface area contributed by atoms with Gasteiger partial charge in [-0.05, 0) is 26.0 Å². The van der Waals surface area contributed by atoms with Gasteiger partial charge >= 0.3 is 0 Å². The summed E-state index contributed by atoms with van der Waals surface area (Å²) in [6.07, 6.45) is 0. The Morgan fingerprint density at radius 2 is 1.88 bits per heavy atom. The summed E-state index contributed by atoms with van der Waals surface area (Å²) in [5.74, 6) is 0.501. The number of primary amides is 1. The summed E-state index contributed by atoms with van der Waals surface area (Å²) in [7, 11) is 0. The Balaban J connectivity index is 2.08. The van der Waals surface area contributed by atoms with Gasteiger partial charge < -0.3 is 15.6 Å². The third-order valence-corrected chi connectivity index (χ3v) is 4.47. The van der Waals surface area contributed by atoms with Crippen molar-refractivity contribution in [2.75, 3.05) is 11.1 Å². The number of carbonyl (C=O) groups is 2. The van der Waals surface area contributed by atoms with E-state index < -0.39 is 5.91 Å². The van der Waals surface area contributed by atoms with Crippen molar-refractivity contribution in [2.45, 2.75) is 44.8 Å². The SMILES string of the molecule is CC(C)c1nnc(SCC(=O)Nc2ccccc2C(N)=O)n1C(C)C. The van der Waals surface area contributed by atoms with E-state index in [2.05, 4.69) is 43.2 Å². The second-order valence-electron chi connectivity index (χ2n) is 6.21. The Labute approximate surface area is 151 Å². The molecule has 0 saturated carbocycles. The molecule has 0 radical (unpaired) electrons. The first-order chi connectivity index (χ1) is 11.8. The lowest BCUT2D eigenvalue weighted by molar-refractivity contribution is -0.113. The summed E-state index contributed by atoms with van der Waals surface area (Å²) in [5, 5.41) is 11.9. The number of para-hydroxylation sites is 1. The average molecular weight is 361 g/mol. The number of hydrogen-bond donors (Lipinski definition) is 2. The molecule has 1 heterocycles. The van der Waals surface area contributed by atoms with E-state index in [1.54, 1.807) is 24.3 Å². The fourth-order valence-corrected chi connectivity index (χ4v) is 3.26. The Hall–Kier alpha value is -2.35. The molecule has 0 fully saturated rings. The Bertz CT molecular complexity index is 770. The van der Waals surface area contributed by atoms with Crippen LogP contribution in [0.4, 0.5) is 5.69 Å². The number of amides is 2. The van der Waals surface area contributed by atoms with Crippen LogP contribution in [0.25, 0.3) is 0 Å². The minimum atomic E-state index is -0.579. The summed E-state index contributed by atoms with van der Waals surface area (Å²) in [5.41, 5.74) is 6.02. The molecule has 2 amide bonds. The predicted molar refractivity (Wildman–Crippen MR) is 98.8 cm³/mol. The molecule has 7 nitrogen and oxygen atoms in total. The molecule has 1 aromatic carbocycles. The van der Waals surface area contributed by atoms with Gasteiger partial charge in [0.05, 0.1) is 17.0 Å². The summed E-state index contributed by atoms with van der Waals surface area (Å²) in [6, 6.07) is 6.86. The molecule has 3 N–H and O–H groups in total. The van der Waals surface area contributed by atoms with E-state index in [0.717, 1.165) is 5.82 Å². The van der Waals surface area contributed by atoms with Crippen LogP contribution in [0.5, 0.6) is 0 Å². The number of benzene rings is 1. The molecule has 25 heavy (non-hydrogen) atoms. The third-order valence-electron chi connectivity index (χ3n) is 3.52. The van der Waals surface area contributed by atoms with Crippen molar-refractivity contribution in [2.24, 2.45) is 5.73 Å². The first-order valence-corrected chi connectivity index (χ1v) is 9.06. The van der Waals surface area contributed by atoms with E-state index in [4.69, 9.17) is 5.73 Å². The maximum absolute atomic E-state index is 12.2. The van der Waals surface area contributed by atoms with Crippen molar-refractivity contribution < 1.29 is 9.59 Å². The number of anilines is 1. The van der Waals surface area contributed by atoms with Crippen LogP contribution < -0.4 is 11.1 Å². The molecule has 0 aliphatic rings. The van der Waals surface area contributed by atoms with Gasteiger partial charge in [-0.15, -0.1) is 10.2 Å². The van der Waals surface area contributed by atoms with Crippen LogP contribution >= 0.6 is 11.8 Å². The zero-order valence-corrected chi connectivity index (χ0v) is 15.6. The number of nitrogens with two attached hydrogens (primary N) is 1. The lowest BCUT2D eigenvalue weighted by Crippen LogP contribution is -2.19. The van der Waals surface area contributed by atoms with E-state index in [-0.39, 0.29) is 29.2 Å². The van der Waals surface area contributed by atoms with Crippen LogP contribution in [0.15, 0.2) is 29.4 Å². The highest BCUT2D eigenvalue weighted by atomic mass is 32.2. The molecular weight excluding hydrogens is 338 g/mol. The largest absolute Gasteiger partial charge is 0.366 e. The lowest BCUT2D eigenvalue weighted by atomic mass is 10.1. The number of hydrogen-bond acceptors (Lipinski definition) is 5. The zero-order chi connectivity index (χ0) is 18.6. The molecular formula is C17H23N5O2S. The number of rotatable bonds is 7. The van der Waals surface area contributed by atoms with Gasteiger partial charge in [-0.25, -0.2) is 0 Å². The van der Waals surface area contributed by atoms with Crippen molar-refractivity contribution in [3.05, 3.63) is 35.7 Å². The van der Waals surface area contributed by atoms with Crippen LogP contribution in [0, 0.1) is 0 Å². The highest BCUT2D eigenvalue weighted by Crippen LogP contribution is 2.25. The van der Waals surface area contributed by atoms with Crippen molar-refractivity contribution in [3.8, 4) is 0 Å². The Morgan fingerprint density at radius 3 is 2.48 bits per heavy atom. The van der Waals surface area contributed by atoms with E-state index in [0.29, 0.717) is 10.8 Å². The van der Waals surface area contributed by atoms with E-state index >= 15 is 0 Å². The minimum absolute atomic E-state index is 0.163. The summed E-state index contributed by atoms with van der Waals surface area (Å²) < 4.78 is 2.04. The van der Waals surface area contributed by atoms with Crippen LogP contribution in [0.1, 0.15) is 55.8 Å². The van der Waals surface area contributed by atoms with Crippen LogP contribution in [0.2, 0.25) is 0 Å². The predicted octanol–water partition coefficient (Wildman–Crippen LogP) is 2.81. The van der Waals surface area contributed by atoms with Gasteiger partial charge in [-0.2, -0.15) is 0 Å². The first-order valence-electron chi connectivity index (χ1n) is 8.07. The molecule has 0 aliphatic carbocycles. The first kappa shape index (κ1) is 19.0. The van der Waals surface area contributed by atoms with Crippen LogP contribution in [-0.4, -0.2) is 32.3 Å². The molecule has 2 rings (SSSR count). The van der Waals surface area contributed by atoms with Crippen molar-refractivity contribution in [1.82, 2.24) is 14.8 Å². The highest BCUT2D eigenvalue weighted by molar-refractivity contribution is 7.99. The molecule has 8 heteroatoms. The molecule has 0 spiro atoms. The molecule has 0 bridgehead atoms. The zero-order valence-electron chi connectivity index (χ0n) is 14.8. The van der Waals surface area contributed by atoms with Gasteiger partial charge in [0.15, 0.2) is 5.16 Å². The number of aromatic nitrogens is 3. The quantitative estimate of drug-likeness (QED) is 0.738. The van der Waals surface area contributed by atoms with Crippen molar-refractivity contribution in [3.63, 3.8) is 0 Å². The van der Waals surface area contributed by atoms with Crippen LogP contribution in [-0.2, 0) is 4.79 Å². The molecule has 0 atom stereocenters. The molecule has 134 valence electrons. The summed E-state index contributed by atoms with van der Waals surface area (Å²) >= 11 is 1.32. The van der Waals surface area contributed by atoms with E-state index in [9.17, 15) is 9.59 Å². The Morgan fingerprint density at radius 1 is 1.20 bits per heavy atom. The molecule has 2 aromatic rings. The van der Waals surface area contributed by atoms with Gasteiger partial charge in [0.25, 0.3) is 5.91 Å². The average Bonchev–Trinajstić information content (AvgIpc) is 2.97.